The van der Waals surface area contributed by atoms with Gasteiger partial charge in [-0.3, -0.25) is 4.90 Å². The van der Waals surface area contributed by atoms with Gasteiger partial charge in [0.15, 0.2) is 0 Å². The second-order valence-corrected chi connectivity index (χ2v) is 4.90. The Morgan fingerprint density at radius 3 is 2.69 bits per heavy atom. The van der Waals surface area contributed by atoms with E-state index in [0.29, 0.717) is 0 Å². The number of rotatable bonds is 3. The molecule has 1 aliphatic rings. The summed E-state index contributed by atoms with van der Waals surface area (Å²) in [7, 11) is 2.22. The predicted molar refractivity (Wildman–Crippen MR) is 63.6 cm³/mol. The summed E-state index contributed by atoms with van der Waals surface area (Å²) in [6, 6.07) is 9.48. The molecule has 1 aromatic rings. The molecule has 0 radical (unpaired) electrons. The fourth-order valence-corrected chi connectivity index (χ4v) is 2.10. The smallest absolute Gasteiger partial charge is 0.0244 e. The van der Waals surface area contributed by atoms with E-state index in [1.165, 1.54) is 22.0 Å². The molecule has 1 saturated carbocycles. The van der Waals surface area contributed by atoms with Crippen molar-refractivity contribution in [1.29, 1.82) is 0 Å². The van der Waals surface area contributed by atoms with Gasteiger partial charge >= 0.3 is 0 Å². The quantitative estimate of drug-likeness (QED) is 0.773. The van der Waals surface area contributed by atoms with Crippen LogP contribution in [-0.2, 0) is 6.54 Å². The molecule has 0 saturated heterocycles. The van der Waals surface area contributed by atoms with Gasteiger partial charge < -0.3 is 0 Å². The Balaban J connectivity index is 2.03. The van der Waals surface area contributed by atoms with E-state index in [1.807, 2.05) is 0 Å². The molecule has 1 aliphatic carbocycles. The van der Waals surface area contributed by atoms with Crippen LogP contribution in [0.3, 0.4) is 0 Å². The molecule has 0 aromatic heterocycles. The number of nitrogens with zero attached hydrogens (tertiary/aromatic N) is 1. The molecule has 13 heavy (non-hydrogen) atoms. The van der Waals surface area contributed by atoms with Crippen LogP contribution in [0.5, 0.6) is 0 Å². The van der Waals surface area contributed by atoms with Gasteiger partial charge in [-0.2, -0.15) is 0 Å². The van der Waals surface area contributed by atoms with Crippen LogP contribution in [0.4, 0.5) is 0 Å². The minimum Gasteiger partial charge on any atom is -0.299 e. The molecule has 0 amide bonds. The van der Waals surface area contributed by atoms with Crippen LogP contribution in [0, 0.1) is 3.57 Å². The fourth-order valence-electron chi connectivity index (χ4n) is 1.54. The molecule has 0 atom stereocenters. The van der Waals surface area contributed by atoms with Crippen molar-refractivity contribution in [2.75, 3.05) is 7.05 Å². The lowest BCUT2D eigenvalue weighted by Gasteiger charge is -2.16. The molecule has 0 N–H and O–H groups in total. The highest BCUT2D eigenvalue weighted by Crippen LogP contribution is 2.27. The maximum Gasteiger partial charge on any atom is 0.0244 e. The monoisotopic (exact) mass is 287 g/mol. The first-order chi connectivity index (χ1) is 6.27. The molecule has 1 fully saturated rings. The minimum absolute atomic E-state index is 0.857. The third-order valence-corrected chi connectivity index (χ3v) is 3.60. The van der Waals surface area contributed by atoms with Crippen molar-refractivity contribution in [3.05, 3.63) is 33.4 Å². The molecule has 0 aliphatic heterocycles. The summed E-state index contributed by atoms with van der Waals surface area (Å²) in [6.45, 7) is 1.10. The Morgan fingerprint density at radius 2 is 2.08 bits per heavy atom. The molecule has 1 aromatic carbocycles. The molecule has 2 heteroatoms. The number of halogens is 1. The van der Waals surface area contributed by atoms with Crippen molar-refractivity contribution in [2.24, 2.45) is 0 Å². The van der Waals surface area contributed by atoms with Gasteiger partial charge in [-0.1, -0.05) is 18.2 Å². The lowest BCUT2D eigenvalue weighted by Crippen LogP contribution is -2.20. The zero-order chi connectivity index (χ0) is 9.26. The van der Waals surface area contributed by atoms with Gasteiger partial charge in [-0.05, 0) is 54.1 Å². The zero-order valence-corrected chi connectivity index (χ0v) is 9.99. The third kappa shape index (κ3) is 2.44. The average Bonchev–Trinajstić information content (AvgIpc) is 2.91. The normalized spacial score (nSPS) is 16.5. The lowest BCUT2D eigenvalue weighted by atomic mass is 10.2. The SMILES string of the molecule is CN(Cc1ccccc1I)C1CC1. The van der Waals surface area contributed by atoms with Crippen LogP contribution in [0.15, 0.2) is 24.3 Å². The predicted octanol–water partition coefficient (Wildman–Crippen LogP) is 2.89. The van der Waals surface area contributed by atoms with Gasteiger partial charge in [0.05, 0.1) is 0 Å². The Bertz CT molecular complexity index is 294. The van der Waals surface area contributed by atoms with Gasteiger partial charge in [0, 0.05) is 16.2 Å². The molecule has 0 unspecified atom stereocenters. The second-order valence-electron chi connectivity index (χ2n) is 3.74. The van der Waals surface area contributed by atoms with Crippen molar-refractivity contribution in [1.82, 2.24) is 4.90 Å². The van der Waals surface area contributed by atoms with E-state index in [0.717, 1.165) is 12.6 Å². The van der Waals surface area contributed by atoms with Crippen molar-refractivity contribution >= 4 is 22.6 Å². The summed E-state index contributed by atoms with van der Waals surface area (Å²) >= 11 is 2.41. The molecular weight excluding hydrogens is 273 g/mol. The number of benzene rings is 1. The van der Waals surface area contributed by atoms with E-state index in [2.05, 4.69) is 58.8 Å². The fraction of sp³-hybridized carbons (Fsp3) is 0.455. The minimum atomic E-state index is 0.857. The highest BCUT2D eigenvalue weighted by Gasteiger charge is 2.25. The van der Waals surface area contributed by atoms with E-state index >= 15 is 0 Å². The Morgan fingerprint density at radius 1 is 1.38 bits per heavy atom. The summed E-state index contributed by atoms with van der Waals surface area (Å²) in [4.78, 5) is 2.46. The van der Waals surface area contributed by atoms with Crippen molar-refractivity contribution in [2.45, 2.75) is 25.4 Å². The Kier molecular flexibility index (Phi) is 2.89. The van der Waals surface area contributed by atoms with Gasteiger partial charge in [-0.15, -0.1) is 0 Å². The van der Waals surface area contributed by atoms with Crippen molar-refractivity contribution < 1.29 is 0 Å². The average molecular weight is 287 g/mol. The third-order valence-electron chi connectivity index (χ3n) is 2.55. The van der Waals surface area contributed by atoms with E-state index < -0.39 is 0 Å². The van der Waals surface area contributed by atoms with Crippen LogP contribution < -0.4 is 0 Å². The first-order valence-electron chi connectivity index (χ1n) is 4.71. The largest absolute Gasteiger partial charge is 0.299 e. The second kappa shape index (κ2) is 3.96. The van der Waals surface area contributed by atoms with Crippen LogP contribution in [0.1, 0.15) is 18.4 Å². The molecule has 0 bridgehead atoms. The van der Waals surface area contributed by atoms with Gasteiger partial charge in [-0.25, -0.2) is 0 Å². The zero-order valence-electron chi connectivity index (χ0n) is 7.83. The van der Waals surface area contributed by atoms with E-state index in [9.17, 15) is 0 Å². The Hall–Kier alpha value is -0.0900. The lowest BCUT2D eigenvalue weighted by molar-refractivity contribution is 0.316. The van der Waals surface area contributed by atoms with Crippen LogP contribution >= 0.6 is 22.6 Å². The highest BCUT2D eigenvalue weighted by atomic mass is 127. The summed E-state index contributed by atoms with van der Waals surface area (Å²) in [6.07, 6.45) is 2.78. The van der Waals surface area contributed by atoms with Gasteiger partial charge in [0.2, 0.25) is 0 Å². The maximum absolute atomic E-state index is 2.46. The topological polar surface area (TPSA) is 3.24 Å². The first kappa shape index (κ1) is 9.46. The van der Waals surface area contributed by atoms with Gasteiger partial charge in [0.25, 0.3) is 0 Å². The summed E-state index contributed by atoms with van der Waals surface area (Å²) in [5.41, 5.74) is 1.46. The molecule has 0 spiro atoms. The van der Waals surface area contributed by atoms with E-state index in [4.69, 9.17) is 0 Å². The summed E-state index contributed by atoms with van der Waals surface area (Å²) < 4.78 is 1.38. The molecule has 0 heterocycles. The molecule has 1 nitrogen and oxygen atoms in total. The van der Waals surface area contributed by atoms with Crippen molar-refractivity contribution in [3.8, 4) is 0 Å². The Labute approximate surface area is 93.3 Å². The highest BCUT2D eigenvalue weighted by molar-refractivity contribution is 14.1. The van der Waals surface area contributed by atoms with E-state index in [-0.39, 0.29) is 0 Å². The maximum atomic E-state index is 2.46. The van der Waals surface area contributed by atoms with Crippen LogP contribution in [0.25, 0.3) is 0 Å². The van der Waals surface area contributed by atoms with Crippen molar-refractivity contribution in [3.63, 3.8) is 0 Å². The molecule has 2 rings (SSSR count). The molecule has 70 valence electrons. The van der Waals surface area contributed by atoms with Gasteiger partial charge in [0.1, 0.15) is 0 Å². The number of hydrogen-bond acceptors (Lipinski definition) is 1. The standard InChI is InChI=1S/C11H14IN/c1-13(10-6-7-10)8-9-4-2-3-5-11(9)12/h2-5,10H,6-8H2,1H3. The van der Waals surface area contributed by atoms with Crippen LogP contribution in [0.2, 0.25) is 0 Å². The number of hydrogen-bond donors (Lipinski definition) is 0. The first-order valence-corrected chi connectivity index (χ1v) is 5.79. The summed E-state index contributed by atoms with van der Waals surface area (Å²) in [5, 5.41) is 0. The van der Waals surface area contributed by atoms with Crippen LogP contribution in [-0.4, -0.2) is 18.0 Å². The molecular formula is C11H14IN. The van der Waals surface area contributed by atoms with E-state index in [1.54, 1.807) is 0 Å². The summed E-state index contributed by atoms with van der Waals surface area (Å²) in [5.74, 6) is 0.